The van der Waals surface area contributed by atoms with Crippen LogP contribution in [0, 0.1) is 5.41 Å². The van der Waals surface area contributed by atoms with Crippen molar-refractivity contribution < 1.29 is 0 Å². The first-order chi connectivity index (χ1) is 9.38. The smallest absolute Gasteiger partial charge is 0.0243 e. The average molecular weight is 284 g/mol. The fraction of sp³-hybridized carbons (Fsp3) is 1.00. The minimum Gasteiger partial charge on any atom is -0.312 e. The highest BCUT2D eigenvalue weighted by Crippen LogP contribution is 2.22. The zero-order chi connectivity index (χ0) is 15.2. The van der Waals surface area contributed by atoms with E-state index in [0.717, 1.165) is 12.6 Å². The Morgan fingerprint density at radius 2 is 1.90 bits per heavy atom. The Labute approximate surface area is 127 Å². The van der Waals surface area contributed by atoms with Crippen molar-refractivity contribution >= 4 is 0 Å². The quantitative estimate of drug-likeness (QED) is 0.809. The van der Waals surface area contributed by atoms with Crippen LogP contribution in [0.2, 0.25) is 0 Å². The highest BCUT2D eigenvalue weighted by atomic mass is 15.2. The second-order valence-corrected chi connectivity index (χ2v) is 7.55. The molecule has 0 spiro atoms. The summed E-state index contributed by atoms with van der Waals surface area (Å²) in [4.78, 5) is 5.24. The molecule has 0 bridgehead atoms. The van der Waals surface area contributed by atoms with Gasteiger partial charge in [-0.15, -0.1) is 0 Å². The molecule has 0 aromatic carbocycles. The van der Waals surface area contributed by atoms with Gasteiger partial charge in [-0.25, -0.2) is 0 Å². The van der Waals surface area contributed by atoms with Crippen LogP contribution in [0.4, 0.5) is 0 Å². The normalized spacial score (nSPS) is 24.6. The minimum atomic E-state index is 0.325. The molecule has 120 valence electrons. The summed E-state index contributed by atoms with van der Waals surface area (Å²) in [6.45, 7) is 17.7. The molecule has 0 aromatic heterocycles. The summed E-state index contributed by atoms with van der Waals surface area (Å²) >= 11 is 0. The van der Waals surface area contributed by atoms with E-state index in [-0.39, 0.29) is 0 Å². The van der Waals surface area contributed by atoms with Crippen molar-refractivity contribution in [1.82, 2.24) is 15.1 Å². The second-order valence-electron chi connectivity index (χ2n) is 7.55. The molecule has 0 aliphatic carbocycles. The van der Waals surface area contributed by atoms with Crippen LogP contribution in [0.5, 0.6) is 0 Å². The highest BCUT2D eigenvalue weighted by molar-refractivity contribution is 4.87. The zero-order valence-electron chi connectivity index (χ0n) is 14.7. The third-order valence-corrected chi connectivity index (χ3v) is 4.60. The third kappa shape index (κ3) is 5.71. The summed E-state index contributed by atoms with van der Waals surface area (Å²) in [6.07, 6.45) is 3.78. The van der Waals surface area contributed by atoms with Crippen LogP contribution in [-0.2, 0) is 0 Å². The van der Waals surface area contributed by atoms with Gasteiger partial charge in [-0.05, 0) is 51.4 Å². The lowest BCUT2D eigenvalue weighted by Crippen LogP contribution is -2.52. The van der Waals surface area contributed by atoms with Gasteiger partial charge in [0.1, 0.15) is 0 Å². The zero-order valence-corrected chi connectivity index (χ0v) is 14.7. The molecule has 3 nitrogen and oxygen atoms in total. The molecule has 3 heteroatoms. The molecule has 0 radical (unpaired) electrons. The largest absolute Gasteiger partial charge is 0.312 e. The molecule has 1 aliphatic rings. The minimum absolute atomic E-state index is 0.325. The maximum atomic E-state index is 3.78. The summed E-state index contributed by atoms with van der Waals surface area (Å²) < 4.78 is 0. The van der Waals surface area contributed by atoms with Gasteiger partial charge in [0.25, 0.3) is 0 Å². The van der Waals surface area contributed by atoms with Crippen LogP contribution in [0.1, 0.15) is 53.9 Å². The van der Waals surface area contributed by atoms with Crippen molar-refractivity contribution in [3.8, 4) is 0 Å². The topological polar surface area (TPSA) is 18.5 Å². The van der Waals surface area contributed by atoms with Crippen molar-refractivity contribution in [2.45, 2.75) is 66.0 Å². The van der Waals surface area contributed by atoms with Crippen LogP contribution in [0.15, 0.2) is 0 Å². The molecule has 0 saturated carbocycles. The van der Waals surface area contributed by atoms with Crippen molar-refractivity contribution in [2.75, 3.05) is 39.8 Å². The van der Waals surface area contributed by atoms with Crippen molar-refractivity contribution in [3.05, 3.63) is 0 Å². The van der Waals surface area contributed by atoms with E-state index in [0.29, 0.717) is 11.5 Å². The van der Waals surface area contributed by atoms with Gasteiger partial charge in [-0.1, -0.05) is 34.6 Å². The Kier molecular flexibility index (Phi) is 7.49. The van der Waals surface area contributed by atoms with Crippen molar-refractivity contribution in [3.63, 3.8) is 0 Å². The fourth-order valence-electron chi connectivity index (χ4n) is 3.12. The van der Waals surface area contributed by atoms with Gasteiger partial charge >= 0.3 is 0 Å². The Morgan fingerprint density at radius 1 is 1.20 bits per heavy atom. The number of hydrogen-bond acceptors (Lipinski definition) is 3. The van der Waals surface area contributed by atoms with E-state index in [2.05, 4.69) is 56.8 Å². The molecular weight excluding hydrogens is 246 g/mol. The van der Waals surface area contributed by atoms with E-state index in [9.17, 15) is 0 Å². The van der Waals surface area contributed by atoms with Gasteiger partial charge in [-0.2, -0.15) is 0 Å². The predicted molar refractivity (Wildman–Crippen MR) is 89.3 cm³/mol. The monoisotopic (exact) mass is 283 g/mol. The summed E-state index contributed by atoms with van der Waals surface area (Å²) in [5, 5.41) is 3.78. The third-order valence-electron chi connectivity index (χ3n) is 4.60. The lowest BCUT2D eigenvalue weighted by molar-refractivity contribution is 0.129. The van der Waals surface area contributed by atoms with Gasteiger partial charge in [0.2, 0.25) is 0 Å². The first-order valence-corrected chi connectivity index (χ1v) is 8.54. The van der Waals surface area contributed by atoms with Crippen LogP contribution >= 0.6 is 0 Å². The lowest BCUT2D eigenvalue weighted by Gasteiger charge is -2.39. The average Bonchev–Trinajstić information content (AvgIpc) is 2.54. The number of hydrogen-bond donors (Lipinski definition) is 1. The molecule has 0 amide bonds. The van der Waals surface area contributed by atoms with Gasteiger partial charge in [-0.3, -0.25) is 4.90 Å². The molecule has 1 heterocycles. The molecular formula is C17H37N3. The van der Waals surface area contributed by atoms with E-state index >= 15 is 0 Å². The van der Waals surface area contributed by atoms with Gasteiger partial charge < -0.3 is 10.2 Å². The van der Waals surface area contributed by atoms with Crippen LogP contribution in [0.25, 0.3) is 0 Å². The van der Waals surface area contributed by atoms with Crippen LogP contribution < -0.4 is 5.32 Å². The Bertz CT molecular complexity index is 259. The number of nitrogens with zero attached hydrogens (tertiary/aromatic N) is 2. The number of likely N-dealkylation sites (N-methyl/N-ethyl adjacent to an activating group) is 1. The Hall–Kier alpha value is -0.120. The molecule has 2 atom stereocenters. The molecule has 1 rings (SSSR count). The molecule has 0 aromatic rings. The number of nitrogens with one attached hydrogen (secondary N) is 1. The number of rotatable bonds is 6. The van der Waals surface area contributed by atoms with E-state index < -0.39 is 0 Å². The van der Waals surface area contributed by atoms with Crippen LogP contribution in [-0.4, -0.2) is 61.7 Å². The maximum Gasteiger partial charge on any atom is 0.0243 e. The Morgan fingerprint density at radius 3 is 2.45 bits per heavy atom. The van der Waals surface area contributed by atoms with Gasteiger partial charge in [0.05, 0.1) is 0 Å². The molecule has 20 heavy (non-hydrogen) atoms. The predicted octanol–water partition coefficient (Wildman–Crippen LogP) is 2.82. The first-order valence-electron chi connectivity index (χ1n) is 8.54. The van der Waals surface area contributed by atoms with E-state index in [4.69, 9.17) is 0 Å². The summed E-state index contributed by atoms with van der Waals surface area (Å²) in [7, 11) is 2.27. The van der Waals surface area contributed by atoms with Gasteiger partial charge in [0.15, 0.2) is 0 Å². The Balaban J connectivity index is 2.68. The second kappa shape index (κ2) is 8.35. The highest BCUT2D eigenvalue weighted by Gasteiger charge is 2.29. The summed E-state index contributed by atoms with van der Waals surface area (Å²) in [6, 6.07) is 1.30. The van der Waals surface area contributed by atoms with Crippen LogP contribution in [0.3, 0.4) is 0 Å². The molecule has 1 N–H and O–H groups in total. The van der Waals surface area contributed by atoms with Crippen molar-refractivity contribution in [2.24, 2.45) is 5.41 Å². The van der Waals surface area contributed by atoms with Crippen molar-refractivity contribution in [1.29, 1.82) is 0 Å². The van der Waals surface area contributed by atoms with E-state index in [1.165, 1.54) is 45.4 Å². The standard InChI is InChI=1S/C17H37N3/c1-7-10-18-16(17(3,4)5)14-20-12-9-11-19(6)13-15(20)8-2/h15-16,18H,7-14H2,1-6H3. The summed E-state index contributed by atoms with van der Waals surface area (Å²) in [5.74, 6) is 0. The van der Waals surface area contributed by atoms with E-state index in [1.54, 1.807) is 0 Å². The molecule has 1 saturated heterocycles. The SMILES string of the molecule is CCCNC(CN1CCCN(C)CC1CC)C(C)(C)C. The fourth-order valence-corrected chi connectivity index (χ4v) is 3.12. The lowest BCUT2D eigenvalue weighted by atomic mass is 9.86. The first kappa shape index (κ1) is 17.9. The van der Waals surface area contributed by atoms with Gasteiger partial charge in [0, 0.05) is 25.2 Å². The molecule has 1 aliphatic heterocycles. The summed E-state index contributed by atoms with van der Waals surface area (Å²) in [5.41, 5.74) is 0.325. The molecule has 2 unspecified atom stereocenters. The maximum absolute atomic E-state index is 3.78. The van der Waals surface area contributed by atoms with E-state index in [1.807, 2.05) is 0 Å². The molecule has 1 fully saturated rings.